The molecule has 17 heavy (non-hydrogen) atoms. The van der Waals surface area contributed by atoms with Crippen molar-refractivity contribution in [2.24, 2.45) is 0 Å². The Kier molecular flexibility index (Phi) is 2.19. The number of fused-ring (bicyclic) bond motifs is 3. The molecule has 2 heterocycles. The Morgan fingerprint density at radius 2 is 2.18 bits per heavy atom. The number of carbonyl (C=O) groups is 1. The van der Waals surface area contributed by atoms with E-state index in [0.29, 0.717) is 5.56 Å². The maximum Gasteiger partial charge on any atom is 0.337 e. The molecule has 0 radical (unpaired) electrons. The van der Waals surface area contributed by atoms with Crippen LogP contribution in [0.1, 0.15) is 16.1 Å². The Labute approximate surface area is 99.1 Å². The molecular weight excluding hydrogens is 216 g/mol. The molecule has 88 valence electrons. The number of nitrogens with zero attached hydrogens (tertiary/aromatic N) is 2. The molecule has 4 heteroatoms. The Balaban J connectivity index is 2.29. The van der Waals surface area contributed by atoms with Gasteiger partial charge in [0.05, 0.1) is 11.1 Å². The number of aromatic nitrogens is 1. The fourth-order valence-electron chi connectivity index (χ4n) is 2.57. The molecule has 0 spiro atoms. The minimum Gasteiger partial charge on any atom is -0.478 e. The Morgan fingerprint density at radius 1 is 1.35 bits per heavy atom. The number of carboxylic acid groups (broad SMARTS) is 1. The van der Waals surface area contributed by atoms with E-state index in [1.807, 2.05) is 12.1 Å². The number of aromatic carboxylic acids is 1. The van der Waals surface area contributed by atoms with Crippen molar-refractivity contribution in [1.82, 2.24) is 9.47 Å². The van der Waals surface area contributed by atoms with Gasteiger partial charge in [0, 0.05) is 30.7 Å². The van der Waals surface area contributed by atoms with Gasteiger partial charge in [0.1, 0.15) is 0 Å². The number of hydrogen-bond donors (Lipinski definition) is 1. The summed E-state index contributed by atoms with van der Waals surface area (Å²) in [5.74, 6) is -0.851. The van der Waals surface area contributed by atoms with Crippen LogP contribution in [0, 0.1) is 0 Å². The van der Waals surface area contributed by atoms with E-state index in [9.17, 15) is 9.90 Å². The number of rotatable bonds is 1. The summed E-state index contributed by atoms with van der Waals surface area (Å²) in [5, 5.41) is 10.3. The largest absolute Gasteiger partial charge is 0.478 e. The van der Waals surface area contributed by atoms with E-state index < -0.39 is 5.97 Å². The summed E-state index contributed by atoms with van der Waals surface area (Å²) in [4.78, 5) is 13.5. The van der Waals surface area contributed by atoms with Crippen molar-refractivity contribution in [3.63, 3.8) is 0 Å². The average Bonchev–Trinajstić information content (AvgIpc) is 2.65. The van der Waals surface area contributed by atoms with Crippen molar-refractivity contribution < 1.29 is 9.90 Å². The first-order chi connectivity index (χ1) is 8.16. The van der Waals surface area contributed by atoms with Crippen molar-refractivity contribution in [1.29, 1.82) is 0 Å². The zero-order valence-electron chi connectivity index (χ0n) is 9.68. The summed E-state index contributed by atoms with van der Waals surface area (Å²) in [6.45, 7) is 2.71. The summed E-state index contributed by atoms with van der Waals surface area (Å²) >= 11 is 0. The minimum atomic E-state index is -0.851. The maximum atomic E-state index is 11.2. The van der Waals surface area contributed by atoms with Crippen LogP contribution < -0.4 is 0 Å². The number of para-hydroxylation sites is 1. The van der Waals surface area contributed by atoms with Crippen LogP contribution in [-0.4, -0.2) is 34.1 Å². The van der Waals surface area contributed by atoms with E-state index in [1.165, 1.54) is 5.69 Å². The molecule has 1 aromatic carbocycles. The highest BCUT2D eigenvalue weighted by Crippen LogP contribution is 2.26. The lowest BCUT2D eigenvalue weighted by atomic mass is 10.1. The molecule has 1 aliphatic rings. The number of likely N-dealkylation sites (N-methyl/N-ethyl adjacent to an activating group) is 1. The third-order valence-corrected chi connectivity index (χ3v) is 3.37. The zero-order valence-corrected chi connectivity index (χ0v) is 9.68. The quantitative estimate of drug-likeness (QED) is 0.812. The van der Waals surface area contributed by atoms with Gasteiger partial charge in [0.2, 0.25) is 0 Å². The Hall–Kier alpha value is -1.81. The van der Waals surface area contributed by atoms with E-state index in [-0.39, 0.29) is 0 Å². The molecule has 0 amide bonds. The molecular formula is C13H14N2O2. The molecule has 0 bridgehead atoms. The molecule has 0 aliphatic carbocycles. The number of hydrogen-bond acceptors (Lipinski definition) is 2. The second-order valence-corrected chi connectivity index (χ2v) is 4.57. The maximum absolute atomic E-state index is 11.2. The summed E-state index contributed by atoms with van der Waals surface area (Å²) in [6.07, 6.45) is 0. The van der Waals surface area contributed by atoms with Crippen LogP contribution in [0.5, 0.6) is 0 Å². The van der Waals surface area contributed by atoms with E-state index in [4.69, 9.17) is 0 Å². The highest BCUT2D eigenvalue weighted by molar-refractivity contribution is 6.02. The number of benzene rings is 1. The van der Waals surface area contributed by atoms with Gasteiger partial charge in [-0.3, -0.25) is 4.90 Å². The lowest BCUT2D eigenvalue weighted by molar-refractivity contribution is 0.0698. The van der Waals surface area contributed by atoms with Crippen LogP contribution >= 0.6 is 0 Å². The fraction of sp³-hybridized carbons (Fsp3) is 0.308. The third-order valence-electron chi connectivity index (χ3n) is 3.37. The Morgan fingerprint density at radius 3 is 2.94 bits per heavy atom. The van der Waals surface area contributed by atoms with Crippen molar-refractivity contribution in [3.05, 3.63) is 35.5 Å². The SMILES string of the molecule is CN1CCn2c(cc3cccc(C(=O)O)c32)C1. The smallest absolute Gasteiger partial charge is 0.337 e. The van der Waals surface area contributed by atoms with Gasteiger partial charge >= 0.3 is 5.97 Å². The van der Waals surface area contributed by atoms with Gasteiger partial charge in [-0.15, -0.1) is 0 Å². The molecule has 1 aliphatic heterocycles. The molecule has 0 saturated carbocycles. The fourth-order valence-corrected chi connectivity index (χ4v) is 2.57. The summed E-state index contributed by atoms with van der Waals surface area (Å²) in [7, 11) is 2.08. The molecule has 0 atom stereocenters. The lowest BCUT2D eigenvalue weighted by Gasteiger charge is -2.25. The molecule has 1 N–H and O–H groups in total. The molecule has 2 aromatic rings. The van der Waals surface area contributed by atoms with Crippen LogP contribution in [0.15, 0.2) is 24.3 Å². The van der Waals surface area contributed by atoms with Crippen molar-refractivity contribution in [3.8, 4) is 0 Å². The average molecular weight is 230 g/mol. The topological polar surface area (TPSA) is 45.5 Å². The van der Waals surface area contributed by atoms with Gasteiger partial charge in [-0.25, -0.2) is 4.79 Å². The molecule has 0 fully saturated rings. The van der Waals surface area contributed by atoms with Gasteiger partial charge < -0.3 is 9.67 Å². The van der Waals surface area contributed by atoms with Crippen molar-refractivity contribution >= 4 is 16.9 Å². The van der Waals surface area contributed by atoms with Gasteiger partial charge in [-0.05, 0) is 19.2 Å². The monoisotopic (exact) mass is 230 g/mol. The van der Waals surface area contributed by atoms with Crippen LogP contribution in [0.3, 0.4) is 0 Å². The number of carboxylic acids is 1. The lowest BCUT2D eigenvalue weighted by Crippen LogP contribution is -2.30. The van der Waals surface area contributed by atoms with Gasteiger partial charge in [-0.2, -0.15) is 0 Å². The van der Waals surface area contributed by atoms with Gasteiger partial charge in [0.15, 0.2) is 0 Å². The van der Waals surface area contributed by atoms with E-state index in [0.717, 1.165) is 30.5 Å². The predicted molar refractivity (Wildman–Crippen MR) is 65.2 cm³/mol. The molecule has 4 nitrogen and oxygen atoms in total. The van der Waals surface area contributed by atoms with Crippen molar-refractivity contribution in [2.45, 2.75) is 13.1 Å². The van der Waals surface area contributed by atoms with Crippen LogP contribution in [0.25, 0.3) is 10.9 Å². The second kappa shape index (κ2) is 3.60. The van der Waals surface area contributed by atoms with Crippen LogP contribution in [0.2, 0.25) is 0 Å². The first kappa shape index (κ1) is 10.4. The van der Waals surface area contributed by atoms with E-state index in [1.54, 1.807) is 6.07 Å². The van der Waals surface area contributed by atoms with E-state index in [2.05, 4.69) is 22.6 Å². The summed E-state index contributed by atoms with van der Waals surface area (Å²) < 4.78 is 2.14. The van der Waals surface area contributed by atoms with E-state index >= 15 is 0 Å². The van der Waals surface area contributed by atoms with Crippen LogP contribution in [-0.2, 0) is 13.1 Å². The molecule has 0 saturated heterocycles. The Bertz CT molecular complexity index is 601. The predicted octanol–water partition coefficient (Wildman–Crippen LogP) is 1.78. The molecule has 1 aromatic heterocycles. The second-order valence-electron chi connectivity index (χ2n) is 4.57. The summed E-state index contributed by atoms with van der Waals surface area (Å²) in [6, 6.07) is 7.56. The minimum absolute atomic E-state index is 0.401. The molecule has 0 unspecified atom stereocenters. The highest BCUT2D eigenvalue weighted by Gasteiger charge is 2.19. The van der Waals surface area contributed by atoms with Gasteiger partial charge in [0.25, 0.3) is 0 Å². The first-order valence-corrected chi connectivity index (χ1v) is 5.70. The highest BCUT2D eigenvalue weighted by atomic mass is 16.4. The third kappa shape index (κ3) is 1.52. The van der Waals surface area contributed by atoms with Crippen molar-refractivity contribution in [2.75, 3.05) is 13.6 Å². The van der Waals surface area contributed by atoms with Gasteiger partial charge in [-0.1, -0.05) is 12.1 Å². The van der Waals surface area contributed by atoms with Crippen LogP contribution in [0.4, 0.5) is 0 Å². The normalized spacial score (nSPS) is 16.1. The standard InChI is InChI=1S/C13H14N2O2/c1-14-5-6-15-10(8-14)7-9-3-2-4-11(12(9)15)13(16)17/h2-4,7H,5-6,8H2,1H3,(H,16,17). The zero-order chi connectivity index (χ0) is 12.0. The summed E-state index contributed by atoms with van der Waals surface area (Å²) in [5.41, 5.74) is 2.46. The molecule has 3 rings (SSSR count). The first-order valence-electron chi connectivity index (χ1n) is 5.70.